The Bertz CT molecular complexity index is 1930. The predicted octanol–water partition coefficient (Wildman–Crippen LogP) is 6.71. The molecule has 1 aliphatic rings. The van der Waals surface area contributed by atoms with E-state index in [0.717, 1.165) is 37.7 Å². The zero-order chi connectivity index (χ0) is 33.7. The van der Waals surface area contributed by atoms with Gasteiger partial charge in [0.25, 0.3) is 0 Å². The number of benzene rings is 4. The molecule has 0 amide bonds. The molecule has 1 fully saturated rings. The second kappa shape index (κ2) is 14.3. The molecule has 1 saturated heterocycles. The molecule has 11 heteroatoms. The summed E-state index contributed by atoms with van der Waals surface area (Å²) >= 11 is 5.92. The highest BCUT2D eigenvalue weighted by atomic mass is 35.5. The van der Waals surface area contributed by atoms with E-state index in [1.807, 2.05) is 24.3 Å². The maximum atomic E-state index is 12.9. The Morgan fingerprint density at radius 2 is 1.55 bits per heavy atom. The van der Waals surface area contributed by atoms with Crippen molar-refractivity contribution >= 4 is 28.4 Å². The molecule has 0 bridgehead atoms. The van der Waals surface area contributed by atoms with Crippen LogP contribution < -0.4 is 5.43 Å². The van der Waals surface area contributed by atoms with Crippen molar-refractivity contribution in [2.24, 2.45) is 0 Å². The van der Waals surface area contributed by atoms with Gasteiger partial charge >= 0.3 is 0 Å². The van der Waals surface area contributed by atoms with Crippen molar-refractivity contribution in [3.05, 3.63) is 117 Å². The van der Waals surface area contributed by atoms with Gasteiger partial charge < -0.3 is 34.8 Å². The minimum absolute atomic E-state index is 0.0414. The first-order valence-corrected chi connectivity index (χ1v) is 15.3. The van der Waals surface area contributed by atoms with Crippen molar-refractivity contribution in [2.45, 2.75) is 31.3 Å². The third-order valence-corrected chi connectivity index (χ3v) is 8.45. The summed E-state index contributed by atoms with van der Waals surface area (Å²) < 4.78 is 18.3. The zero-order valence-electron chi connectivity index (χ0n) is 25.2. The molecule has 6 rings (SSSR count). The molecule has 1 aromatic heterocycles. The van der Waals surface area contributed by atoms with Crippen molar-refractivity contribution in [3.8, 4) is 34.3 Å². The van der Waals surface area contributed by atoms with Crippen LogP contribution in [0.25, 0.3) is 22.3 Å². The Morgan fingerprint density at radius 3 is 2.21 bits per heavy atom. The first-order chi connectivity index (χ1) is 22.4. The van der Waals surface area contributed by atoms with Gasteiger partial charge in [0.15, 0.2) is 23.0 Å². The van der Waals surface area contributed by atoms with Gasteiger partial charge in [-0.3, -0.25) is 9.59 Å². The summed E-state index contributed by atoms with van der Waals surface area (Å²) in [7, 11) is 0. The molecule has 244 valence electrons. The van der Waals surface area contributed by atoms with Crippen LogP contribution >= 0.6 is 11.6 Å². The van der Waals surface area contributed by atoms with Crippen LogP contribution in [-0.2, 0) is 5.60 Å². The van der Waals surface area contributed by atoms with Gasteiger partial charge in [0.2, 0.25) is 11.2 Å². The Labute approximate surface area is 274 Å². The number of ketones is 1. The number of rotatable bonds is 7. The number of halogens is 2. The fourth-order valence-corrected chi connectivity index (χ4v) is 5.60. The molecule has 0 spiro atoms. The molecule has 0 radical (unpaired) electrons. The van der Waals surface area contributed by atoms with E-state index in [1.165, 1.54) is 54.6 Å². The van der Waals surface area contributed by atoms with Crippen molar-refractivity contribution in [1.82, 2.24) is 4.90 Å². The Morgan fingerprint density at radius 1 is 0.872 bits per heavy atom. The van der Waals surface area contributed by atoms with Crippen LogP contribution in [-0.4, -0.2) is 55.9 Å². The second-order valence-corrected chi connectivity index (χ2v) is 11.8. The maximum Gasteiger partial charge on any atom is 0.235 e. The molecule has 47 heavy (non-hydrogen) atoms. The van der Waals surface area contributed by atoms with Gasteiger partial charge in [-0.05, 0) is 98.1 Å². The second-order valence-electron chi connectivity index (χ2n) is 11.4. The van der Waals surface area contributed by atoms with E-state index in [2.05, 4.69) is 4.90 Å². The number of hydrogen-bond donors (Lipinski definition) is 5. The number of carbonyl (C=O) groups is 1. The third kappa shape index (κ3) is 7.91. The van der Waals surface area contributed by atoms with Crippen molar-refractivity contribution in [1.29, 1.82) is 0 Å². The molecular weight excluding hydrogens is 629 g/mol. The first-order valence-electron chi connectivity index (χ1n) is 14.9. The Balaban J connectivity index is 0.000000189. The van der Waals surface area contributed by atoms with Crippen LogP contribution in [0.1, 0.15) is 41.6 Å². The number of phenols is 3. The minimum Gasteiger partial charge on any atom is -0.508 e. The van der Waals surface area contributed by atoms with E-state index >= 15 is 0 Å². The summed E-state index contributed by atoms with van der Waals surface area (Å²) in [5.74, 6) is -1.89. The summed E-state index contributed by atoms with van der Waals surface area (Å²) in [6.45, 7) is 2.41. The highest BCUT2D eigenvalue weighted by Crippen LogP contribution is 2.36. The van der Waals surface area contributed by atoms with Crippen LogP contribution in [0.5, 0.6) is 23.0 Å². The number of aliphatic hydroxyl groups is 1. The molecular formula is C36H33ClFNO8. The Hall–Kier alpha value is -4.90. The van der Waals surface area contributed by atoms with Gasteiger partial charge in [-0.1, -0.05) is 23.7 Å². The summed E-state index contributed by atoms with van der Waals surface area (Å²) in [4.78, 5) is 26.5. The lowest BCUT2D eigenvalue weighted by molar-refractivity contribution is -0.0260. The molecule has 0 unspecified atom stereocenters. The number of likely N-dealkylation sites (tertiary alicyclic amines) is 1. The summed E-state index contributed by atoms with van der Waals surface area (Å²) in [6.07, 6.45) is 2.54. The van der Waals surface area contributed by atoms with Crippen molar-refractivity contribution in [2.75, 3.05) is 19.6 Å². The topological polar surface area (TPSA) is 152 Å². The van der Waals surface area contributed by atoms with Gasteiger partial charge in [-0.15, -0.1) is 0 Å². The molecule has 1 aliphatic heterocycles. The SMILES string of the molecule is O=C(CCCN1CCC(O)(c2ccc(Cl)cc2)CC1)c1ccc(F)cc1.O=c1c(O)c(-c2ccc(O)c(O)c2)oc2cc(O)ccc12. The molecule has 2 heterocycles. The van der Waals surface area contributed by atoms with E-state index in [1.54, 1.807) is 0 Å². The number of aromatic hydroxyl groups is 4. The summed E-state index contributed by atoms with van der Waals surface area (Å²) in [5.41, 5.74) is 0.324. The lowest BCUT2D eigenvalue weighted by Gasteiger charge is -2.38. The first kappa shape index (κ1) is 33.5. The molecule has 9 nitrogen and oxygen atoms in total. The van der Waals surface area contributed by atoms with Crippen LogP contribution in [0.3, 0.4) is 0 Å². The van der Waals surface area contributed by atoms with Crippen LogP contribution in [0.2, 0.25) is 5.02 Å². The van der Waals surface area contributed by atoms with E-state index in [-0.39, 0.29) is 45.4 Å². The van der Waals surface area contributed by atoms with Gasteiger partial charge in [-0.2, -0.15) is 0 Å². The molecule has 0 saturated carbocycles. The number of Topliss-reactive ketones (excluding diaryl/α,β-unsaturated/α-hetero) is 1. The largest absolute Gasteiger partial charge is 0.508 e. The summed E-state index contributed by atoms with van der Waals surface area (Å²) in [6, 6.07) is 20.7. The minimum atomic E-state index is -0.801. The van der Waals surface area contributed by atoms with Crippen LogP contribution in [0, 0.1) is 5.82 Å². The quantitative estimate of drug-likeness (QED) is 0.0947. The Kier molecular flexibility index (Phi) is 10.1. The lowest BCUT2D eigenvalue weighted by Crippen LogP contribution is -2.42. The fourth-order valence-electron chi connectivity index (χ4n) is 5.47. The third-order valence-electron chi connectivity index (χ3n) is 8.20. The van der Waals surface area contributed by atoms with Crippen molar-refractivity contribution in [3.63, 3.8) is 0 Å². The molecule has 5 N–H and O–H groups in total. The van der Waals surface area contributed by atoms with Gasteiger partial charge in [-0.25, -0.2) is 4.39 Å². The molecule has 0 aliphatic carbocycles. The number of fused-ring (bicyclic) bond motifs is 1. The van der Waals surface area contributed by atoms with E-state index < -0.39 is 22.5 Å². The van der Waals surface area contributed by atoms with Crippen LogP contribution in [0.15, 0.2) is 94.1 Å². The van der Waals surface area contributed by atoms with Crippen LogP contribution in [0.4, 0.5) is 4.39 Å². The van der Waals surface area contributed by atoms with Gasteiger partial charge in [0.05, 0.1) is 11.0 Å². The summed E-state index contributed by atoms with van der Waals surface area (Å²) in [5, 5.41) is 49.8. The number of carbonyl (C=O) groups excluding carboxylic acids is 1. The average Bonchev–Trinajstić information content (AvgIpc) is 3.06. The molecule has 5 aromatic rings. The van der Waals surface area contributed by atoms with Gasteiger partial charge in [0, 0.05) is 41.7 Å². The average molecular weight is 662 g/mol. The molecule has 0 atom stereocenters. The monoisotopic (exact) mass is 661 g/mol. The molecule has 4 aromatic carbocycles. The number of phenolic OH excluding ortho intramolecular Hbond substituents is 3. The number of nitrogens with zero attached hydrogens (tertiary/aromatic N) is 1. The highest BCUT2D eigenvalue weighted by Gasteiger charge is 2.33. The number of hydrogen-bond acceptors (Lipinski definition) is 9. The van der Waals surface area contributed by atoms with E-state index in [9.17, 15) is 39.5 Å². The van der Waals surface area contributed by atoms with Gasteiger partial charge in [0.1, 0.15) is 17.1 Å². The number of piperidine rings is 1. The predicted molar refractivity (Wildman–Crippen MR) is 176 cm³/mol. The van der Waals surface area contributed by atoms with E-state index in [0.29, 0.717) is 29.8 Å². The van der Waals surface area contributed by atoms with E-state index in [4.69, 9.17) is 16.0 Å². The standard InChI is InChI=1S/C21H23ClFNO2.C15H10O6/c22-18-7-5-17(6-8-18)21(26)11-14-24(15-12-21)13-1-2-20(25)16-3-9-19(23)10-4-16;16-8-2-3-9-12(6-8)21-15(14(20)13(9)19)7-1-4-10(17)11(18)5-7/h3-10,26H,1-2,11-15H2;1-6,16-18,20H. The fraction of sp³-hybridized carbons (Fsp3) is 0.222. The maximum absolute atomic E-state index is 12.9. The normalized spacial score (nSPS) is 14.4. The lowest BCUT2D eigenvalue weighted by atomic mass is 9.84. The zero-order valence-corrected chi connectivity index (χ0v) is 26.0. The highest BCUT2D eigenvalue weighted by molar-refractivity contribution is 6.30. The van der Waals surface area contributed by atoms with Crippen molar-refractivity contribution < 1.29 is 39.1 Å². The smallest absolute Gasteiger partial charge is 0.235 e.